The summed E-state index contributed by atoms with van der Waals surface area (Å²) >= 11 is 0. The van der Waals surface area contributed by atoms with Crippen LogP contribution in [0.2, 0.25) is 0 Å². The molecule has 4 aromatic heterocycles. The molecule has 0 atom stereocenters. The van der Waals surface area contributed by atoms with Crippen LogP contribution in [0.3, 0.4) is 0 Å². The van der Waals surface area contributed by atoms with E-state index in [0.717, 1.165) is 50.5 Å². The molecule has 0 radical (unpaired) electrons. The molecule has 4 heteroatoms. The van der Waals surface area contributed by atoms with Gasteiger partial charge in [-0.2, -0.15) is 0 Å². The zero-order valence-electron chi connectivity index (χ0n) is 41.3. The highest BCUT2D eigenvalue weighted by Gasteiger charge is 2.22. The molecule has 0 aliphatic rings. The van der Waals surface area contributed by atoms with Gasteiger partial charge in [-0.15, -0.1) is 0 Å². The Labute approximate surface area is 438 Å². The highest BCUT2D eigenvalue weighted by molar-refractivity contribution is 6.17. The molecule has 0 aliphatic carbocycles. The van der Waals surface area contributed by atoms with E-state index in [1.54, 1.807) is 0 Å². The first-order valence-electron chi connectivity index (χ1n) is 26.2. The fourth-order valence-corrected chi connectivity index (χ4v) is 12.6. The van der Waals surface area contributed by atoms with Crippen molar-refractivity contribution in [3.05, 3.63) is 279 Å². The third-order valence-corrected chi connectivity index (χ3v) is 16.0. The molecule has 0 N–H and O–H groups in total. The molecule has 0 unspecified atom stereocenters. The first kappa shape index (κ1) is 42.4. The molecule has 4 heterocycles. The molecular formula is C72H46N4. The standard InChI is InChI=1S/C72H46N4/c1-2-16-47(17-3-1)50-34-43-71-63(44-50)64-46-51(48-30-35-52(36-31-48)73-65-24-10-4-18-56(65)57-19-5-11-25-66(57)73)45-62(49-32-37-53(38-33-49)74-67-26-12-6-20-58(67)59-21-7-13-27-68(59)74)72(64)76(71)55-41-39-54(40-42-55)75-69-28-14-8-22-60(69)61-23-9-15-29-70(61)75/h1-46H. The van der Waals surface area contributed by atoms with E-state index in [-0.39, 0.29) is 0 Å². The van der Waals surface area contributed by atoms with Crippen molar-refractivity contribution < 1.29 is 0 Å². The fraction of sp³-hybridized carbons (Fsp3) is 0. The van der Waals surface area contributed by atoms with Crippen molar-refractivity contribution in [2.75, 3.05) is 0 Å². The normalized spacial score (nSPS) is 11.9. The van der Waals surface area contributed by atoms with E-state index in [4.69, 9.17) is 0 Å². The Morgan fingerprint density at radius 3 is 0.895 bits per heavy atom. The highest BCUT2D eigenvalue weighted by Crippen LogP contribution is 2.44. The summed E-state index contributed by atoms with van der Waals surface area (Å²) in [4.78, 5) is 0. The van der Waals surface area contributed by atoms with Gasteiger partial charge in [0.2, 0.25) is 0 Å². The van der Waals surface area contributed by atoms with Crippen molar-refractivity contribution in [2.24, 2.45) is 0 Å². The number of rotatable bonds is 7. The lowest BCUT2D eigenvalue weighted by molar-refractivity contribution is 1.14. The Bertz CT molecular complexity index is 4790. The van der Waals surface area contributed by atoms with Gasteiger partial charge in [0, 0.05) is 71.4 Å². The van der Waals surface area contributed by atoms with Gasteiger partial charge in [-0.25, -0.2) is 0 Å². The quantitative estimate of drug-likeness (QED) is 0.152. The van der Waals surface area contributed by atoms with Crippen LogP contribution < -0.4 is 0 Å². The average molecular weight is 967 g/mol. The van der Waals surface area contributed by atoms with Crippen molar-refractivity contribution >= 4 is 87.2 Å². The monoisotopic (exact) mass is 966 g/mol. The molecule has 16 aromatic rings. The number of benzene rings is 12. The SMILES string of the molecule is c1ccc(-c2ccc3c(c2)c2cc(-c4ccc(-n5c6ccccc6c6ccccc65)cc4)cc(-c4ccc(-n5c6ccccc6c6ccccc65)cc4)c2n3-c2ccc(-n3c4ccccc4c4ccccc43)cc2)cc1. The van der Waals surface area contributed by atoms with Crippen LogP contribution in [-0.4, -0.2) is 18.3 Å². The van der Waals surface area contributed by atoms with Crippen LogP contribution in [0.5, 0.6) is 0 Å². The largest absolute Gasteiger partial charge is 0.309 e. The van der Waals surface area contributed by atoms with Crippen LogP contribution in [0.15, 0.2) is 279 Å². The Hall–Kier alpha value is -10.2. The molecule has 0 saturated carbocycles. The molecule has 0 saturated heterocycles. The maximum absolute atomic E-state index is 2.50. The molecule has 0 aliphatic heterocycles. The summed E-state index contributed by atoms with van der Waals surface area (Å²) in [6.45, 7) is 0. The Balaban J connectivity index is 0.928. The minimum Gasteiger partial charge on any atom is -0.309 e. The highest BCUT2D eigenvalue weighted by atomic mass is 15.0. The molecule has 0 amide bonds. The van der Waals surface area contributed by atoms with Crippen LogP contribution in [0, 0.1) is 0 Å². The lowest BCUT2D eigenvalue weighted by atomic mass is 9.94. The lowest BCUT2D eigenvalue weighted by Crippen LogP contribution is -1.99. The summed E-state index contributed by atoms with van der Waals surface area (Å²) in [6, 6.07) is 103. The summed E-state index contributed by atoms with van der Waals surface area (Å²) in [5.41, 5.74) is 21.0. The minimum absolute atomic E-state index is 1.10. The summed E-state index contributed by atoms with van der Waals surface area (Å²) in [5, 5.41) is 9.94. The van der Waals surface area contributed by atoms with Crippen LogP contribution in [-0.2, 0) is 0 Å². The molecule has 4 nitrogen and oxygen atoms in total. The van der Waals surface area contributed by atoms with E-state index in [9.17, 15) is 0 Å². The fourth-order valence-electron chi connectivity index (χ4n) is 12.6. The van der Waals surface area contributed by atoms with E-state index in [2.05, 4.69) is 297 Å². The topological polar surface area (TPSA) is 19.7 Å². The first-order chi connectivity index (χ1) is 37.7. The van der Waals surface area contributed by atoms with Gasteiger partial charge in [0.15, 0.2) is 0 Å². The van der Waals surface area contributed by atoms with Crippen LogP contribution in [0.1, 0.15) is 0 Å². The van der Waals surface area contributed by atoms with E-state index in [1.165, 1.54) is 92.8 Å². The smallest absolute Gasteiger partial charge is 0.0619 e. The van der Waals surface area contributed by atoms with E-state index in [1.807, 2.05) is 0 Å². The van der Waals surface area contributed by atoms with Gasteiger partial charge in [-0.05, 0) is 137 Å². The van der Waals surface area contributed by atoms with Crippen LogP contribution in [0.4, 0.5) is 0 Å². The maximum atomic E-state index is 2.50. The molecule has 76 heavy (non-hydrogen) atoms. The number of aromatic nitrogens is 4. The van der Waals surface area contributed by atoms with Crippen molar-refractivity contribution in [3.8, 4) is 56.1 Å². The number of hydrogen-bond acceptors (Lipinski definition) is 0. The van der Waals surface area contributed by atoms with Gasteiger partial charge in [0.25, 0.3) is 0 Å². The van der Waals surface area contributed by atoms with Crippen molar-refractivity contribution in [1.29, 1.82) is 0 Å². The summed E-state index contributed by atoms with van der Waals surface area (Å²) < 4.78 is 9.70. The number of fused-ring (bicyclic) bond motifs is 12. The van der Waals surface area contributed by atoms with Crippen molar-refractivity contribution in [2.45, 2.75) is 0 Å². The summed E-state index contributed by atoms with van der Waals surface area (Å²) in [7, 11) is 0. The molecule has 0 fully saturated rings. The van der Waals surface area contributed by atoms with Gasteiger partial charge in [0.05, 0.1) is 44.1 Å². The first-order valence-corrected chi connectivity index (χ1v) is 26.2. The number of hydrogen-bond donors (Lipinski definition) is 0. The third-order valence-electron chi connectivity index (χ3n) is 16.0. The molecule has 12 aromatic carbocycles. The van der Waals surface area contributed by atoms with Gasteiger partial charge >= 0.3 is 0 Å². The number of nitrogens with zero attached hydrogens (tertiary/aromatic N) is 4. The van der Waals surface area contributed by atoms with Crippen molar-refractivity contribution in [3.63, 3.8) is 0 Å². The van der Waals surface area contributed by atoms with Gasteiger partial charge < -0.3 is 18.3 Å². The zero-order valence-corrected chi connectivity index (χ0v) is 41.3. The predicted molar refractivity (Wildman–Crippen MR) is 320 cm³/mol. The summed E-state index contributed by atoms with van der Waals surface area (Å²) in [6.07, 6.45) is 0. The lowest BCUT2D eigenvalue weighted by Gasteiger charge is -2.16. The second-order valence-corrected chi connectivity index (χ2v) is 20.1. The Morgan fingerprint density at radius 1 is 0.171 bits per heavy atom. The minimum atomic E-state index is 1.10. The average Bonchev–Trinajstić information content (AvgIpc) is 4.32. The molecule has 0 bridgehead atoms. The van der Waals surface area contributed by atoms with Gasteiger partial charge in [-0.3, -0.25) is 0 Å². The second-order valence-electron chi connectivity index (χ2n) is 20.1. The third kappa shape index (κ3) is 6.38. The zero-order chi connectivity index (χ0) is 49.8. The van der Waals surface area contributed by atoms with Crippen LogP contribution >= 0.6 is 0 Å². The van der Waals surface area contributed by atoms with Crippen molar-refractivity contribution in [1.82, 2.24) is 18.3 Å². The Kier molecular flexibility index (Phi) is 9.30. The van der Waals surface area contributed by atoms with E-state index in [0.29, 0.717) is 0 Å². The maximum Gasteiger partial charge on any atom is 0.0619 e. The summed E-state index contributed by atoms with van der Waals surface area (Å²) in [5.74, 6) is 0. The second kappa shape index (κ2) is 16.7. The molecular weight excluding hydrogens is 921 g/mol. The van der Waals surface area contributed by atoms with E-state index < -0.39 is 0 Å². The van der Waals surface area contributed by atoms with Gasteiger partial charge in [-0.1, -0.05) is 170 Å². The molecule has 0 spiro atoms. The molecule has 16 rings (SSSR count). The Morgan fingerprint density at radius 2 is 0.474 bits per heavy atom. The van der Waals surface area contributed by atoms with E-state index >= 15 is 0 Å². The predicted octanol–water partition coefficient (Wildman–Crippen LogP) is 19.1. The van der Waals surface area contributed by atoms with Gasteiger partial charge in [0.1, 0.15) is 0 Å². The number of para-hydroxylation sites is 6. The van der Waals surface area contributed by atoms with Crippen LogP contribution in [0.25, 0.3) is 143 Å². The molecule has 354 valence electrons.